The molecule has 0 aromatic carbocycles. The Morgan fingerprint density at radius 2 is 2.14 bits per heavy atom. The molecule has 0 amide bonds. The first-order valence-electron chi connectivity index (χ1n) is 7.67. The van der Waals surface area contributed by atoms with Crippen LogP contribution in [0, 0.1) is 11.3 Å². The molecule has 0 spiro atoms. The summed E-state index contributed by atoms with van der Waals surface area (Å²) < 4.78 is 0. The van der Waals surface area contributed by atoms with Crippen molar-refractivity contribution in [3.63, 3.8) is 0 Å². The molecule has 3 nitrogen and oxygen atoms in total. The number of pyridine rings is 1. The van der Waals surface area contributed by atoms with Crippen LogP contribution in [0.4, 0.5) is 0 Å². The molecule has 1 aliphatic carbocycles. The van der Waals surface area contributed by atoms with Gasteiger partial charge >= 0.3 is 0 Å². The topological polar surface area (TPSA) is 49.6 Å². The highest BCUT2D eigenvalue weighted by Gasteiger charge is 2.16. The van der Waals surface area contributed by atoms with Gasteiger partial charge in [0.15, 0.2) is 0 Å². The van der Waals surface area contributed by atoms with Crippen LogP contribution in [0.5, 0.6) is 0 Å². The Kier molecular flexibility index (Phi) is 4.80. The van der Waals surface area contributed by atoms with Crippen molar-refractivity contribution in [2.45, 2.75) is 56.2 Å². The second kappa shape index (κ2) is 6.80. The fourth-order valence-corrected chi connectivity index (χ4v) is 4.41. The van der Waals surface area contributed by atoms with E-state index in [1.807, 2.05) is 6.07 Å². The van der Waals surface area contributed by atoms with Gasteiger partial charge < -0.3 is 0 Å². The van der Waals surface area contributed by atoms with Gasteiger partial charge in [0.1, 0.15) is 11.1 Å². The van der Waals surface area contributed by atoms with E-state index in [4.69, 9.17) is 4.98 Å². The minimum absolute atomic E-state index is 0.472. The zero-order valence-corrected chi connectivity index (χ0v) is 14.6. The van der Waals surface area contributed by atoms with Gasteiger partial charge in [0.05, 0.1) is 16.3 Å². The van der Waals surface area contributed by atoms with Gasteiger partial charge in [-0.25, -0.2) is 9.97 Å². The Labute approximate surface area is 139 Å². The molecular formula is C17H19N3S2. The molecule has 22 heavy (non-hydrogen) atoms. The molecule has 5 heteroatoms. The summed E-state index contributed by atoms with van der Waals surface area (Å²) in [6, 6.07) is 4.35. The van der Waals surface area contributed by atoms with Crippen LogP contribution in [0.1, 0.15) is 60.1 Å². The normalized spacial score (nSPS) is 13.9. The maximum Gasteiger partial charge on any atom is 0.114 e. The first-order chi connectivity index (χ1) is 10.7. The number of aromatic nitrogens is 2. The summed E-state index contributed by atoms with van der Waals surface area (Å²) in [7, 11) is 0. The highest BCUT2D eigenvalue weighted by Crippen LogP contribution is 2.30. The molecule has 114 valence electrons. The van der Waals surface area contributed by atoms with Crippen molar-refractivity contribution in [3.05, 3.63) is 39.0 Å². The molecule has 0 aliphatic heterocycles. The van der Waals surface area contributed by atoms with Crippen LogP contribution in [-0.4, -0.2) is 9.97 Å². The van der Waals surface area contributed by atoms with Gasteiger partial charge in [-0.3, -0.25) is 0 Å². The van der Waals surface area contributed by atoms with Gasteiger partial charge in [-0.1, -0.05) is 25.6 Å². The Morgan fingerprint density at radius 1 is 1.32 bits per heavy atom. The van der Waals surface area contributed by atoms with Crippen LogP contribution in [0.3, 0.4) is 0 Å². The van der Waals surface area contributed by atoms with Crippen LogP contribution < -0.4 is 0 Å². The highest BCUT2D eigenvalue weighted by atomic mass is 32.2. The number of hydrogen-bond acceptors (Lipinski definition) is 5. The van der Waals surface area contributed by atoms with E-state index in [-0.39, 0.29) is 0 Å². The van der Waals surface area contributed by atoms with Gasteiger partial charge in [-0.2, -0.15) is 5.26 Å². The number of rotatable bonds is 4. The monoisotopic (exact) mass is 329 g/mol. The molecule has 2 aromatic rings. The zero-order chi connectivity index (χ0) is 15.5. The van der Waals surface area contributed by atoms with Crippen molar-refractivity contribution in [1.29, 1.82) is 5.26 Å². The van der Waals surface area contributed by atoms with E-state index >= 15 is 0 Å². The highest BCUT2D eigenvalue weighted by molar-refractivity contribution is 7.98. The standard InChI is InChI=1S/C17H19N3S2/c1-11(2)16-19-14(9-21-16)10-22-17-13(8-18)7-12-5-3-4-6-15(12)20-17/h7,9,11H,3-6,10H2,1-2H3. The molecule has 0 saturated carbocycles. The second-order valence-electron chi connectivity index (χ2n) is 5.89. The average Bonchev–Trinajstić information content (AvgIpc) is 3.01. The fourth-order valence-electron chi connectivity index (χ4n) is 2.60. The smallest absolute Gasteiger partial charge is 0.114 e. The molecule has 0 unspecified atom stereocenters. The van der Waals surface area contributed by atoms with Crippen LogP contribution >= 0.6 is 23.1 Å². The number of thioether (sulfide) groups is 1. The maximum atomic E-state index is 9.38. The second-order valence-corrected chi connectivity index (χ2v) is 7.74. The third-order valence-corrected chi connectivity index (χ3v) is 6.03. The molecule has 3 rings (SSSR count). The van der Waals surface area contributed by atoms with Crippen molar-refractivity contribution < 1.29 is 0 Å². The van der Waals surface area contributed by atoms with Crippen LogP contribution in [-0.2, 0) is 18.6 Å². The van der Waals surface area contributed by atoms with Gasteiger partial charge in [-0.15, -0.1) is 11.3 Å². The molecule has 0 atom stereocenters. The van der Waals surface area contributed by atoms with Crippen molar-refractivity contribution >= 4 is 23.1 Å². The van der Waals surface area contributed by atoms with Crippen LogP contribution in [0.25, 0.3) is 0 Å². The number of aryl methyl sites for hydroxylation is 2. The lowest BCUT2D eigenvalue weighted by atomic mass is 9.95. The molecule has 0 fully saturated rings. The lowest BCUT2D eigenvalue weighted by Gasteiger charge is -2.16. The minimum Gasteiger partial charge on any atom is -0.245 e. The number of hydrogen-bond donors (Lipinski definition) is 0. The van der Waals surface area contributed by atoms with Gasteiger partial charge in [-0.05, 0) is 37.3 Å². The summed E-state index contributed by atoms with van der Waals surface area (Å²) in [5.41, 5.74) is 4.25. The summed E-state index contributed by atoms with van der Waals surface area (Å²) in [6.07, 6.45) is 4.53. The molecule has 2 aromatic heterocycles. The van der Waals surface area contributed by atoms with Gasteiger partial charge in [0.2, 0.25) is 0 Å². The molecule has 2 heterocycles. The summed E-state index contributed by atoms with van der Waals surface area (Å²) in [5.74, 6) is 1.25. The van der Waals surface area contributed by atoms with Crippen molar-refractivity contribution in [2.24, 2.45) is 0 Å². The molecular weight excluding hydrogens is 310 g/mol. The van der Waals surface area contributed by atoms with E-state index in [9.17, 15) is 5.26 Å². The molecule has 0 N–H and O–H groups in total. The largest absolute Gasteiger partial charge is 0.245 e. The SMILES string of the molecule is CC(C)c1nc(CSc2nc3c(cc2C#N)CCCC3)cs1. The van der Waals surface area contributed by atoms with E-state index < -0.39 is 0 Å². The van der Waals surface area contributed by atoms with Gasteiger partial charge in [0.25, 0.3) is 0 Å². The molecule has 0 radical (unpaired) electrons. The third kappa shape index (κ3) is 3.34. The van der Waals surface area contributed by atoms with E-state index in [2.05, 4.69) is 30.3 Å². The Morgan fingerprint density at radius 3 is 2.86 bits per heavy atom. The predicted molar refractivity (Wildman–Crippen MR) is 91.4 cm³/mol. The molecule has 1 aliphatic rings. The summed E-state index contributed by atoms with van der Waals surface area (Å²) in [4.78, 5) is 9.41. The minimum atomic E-state index is 0.472. The predicted octanol–water partition coefficient (Wildman–Crippen LogP) is 4.70. The maximum absolute atomic E-state index is 9.38. The number of thiazole rings is 1. The third-order valence-electron chi connectivity index (χ3n) is 3.81. The van der Waals surface area contributed by atoms with E-state index in [1.54, 1.807) is 23.1 Å². The Bertz CT molecular complexity index is 713. The van der Waals surface area contributed by atoms with E-state index in [1.165, 1.54) is 29.1 Å². The van der Waals surface area contributed by atoms with Gasteiger partial charge in [0, 0.05) is 22.7 Å². The average molecular weight is 329 g/mol. The van der Waals surface area contributed by atoms with E-state index in [0.717, 1.165) is 29.3 Å². The van der Waals surface area contributed by atoms with Crippen molar-refractivity contribution in [1.82, 2.24) is 9.97 Å². The molecule has 0 bridgehead atoms. The first-order valence-corrected chi connectivity index (χ1v) is 9.54. The first kappa shape index (κ1) is 15.5. The van der Waals surface area contributed by atoms with E-state index in [0.29, 0.717) is 11.5 Å². The van der Waals surface area contributed by atoms with Crippen molar-refractivity contribution in [3.8, 4) is 6.07 Å². The Hall–Kier alpha value is -1.38. The number of nitrogens with zero attached hydrogens (tertiary/aromatic N) is 3. The van der Waals surface area contributed by atoms with Crippen LogP contribution in [0.2, 0.25) is 0 Å². The van der Waals surface area contributed by atoms with Crippen LogP contribution in [0.15, 0.2) is 16.5 Å². The fraction of sp³-hybridized carbons (Fsp3) is 0.471. The number of nitriles is 1. The summed E-state index contributed by atoms with van der Waals surface area (Å²) in [6.45, 7) is 4.32. The number of fused-ring (bicyclic) bond motifs is 1. The summed E-state index contributed by atoms with van der Waals surface area (Å²) >= 11 is 3.35. The molecule has 0 saturated heterocycles. The zero-order valence-electron chi connectivity index (χ0n) is 12.9. The quantitative estimate of drug-likeness (QED) is 0.763. The lowest BCUT2D eigenvalue weighted by Crippen LogP contribution is -2.07. The summed E-state index contributed by atoms with van der Waals surface area (Å²) in [5, 5.41) is 13.5. The van der Waals surface area contributed by atoms with Crippen molar-refractivity contribution in [2.75, 3.05) is 0 Å². The lowest BCUT2D eigenvalue weighted by molar-refractivity contribution is 0.660. The Balaban J connectivity index is 1.78.